The van der Waals surface area contributed by atoms with E-state index in [1.807, 2.05) is 13.8 Å². The van der Waals surface area contributed by atoms with Crippen molar-refractivity contribution in [3.05, 3.63) is 0 Å². The van der Waals surface area contributed by atoms with Crippen molar-refractivity contribution >= 4 is 0 Å². The van der Waals surface area contributed by atoms with Crippen LogP contribution in [0.15, 0.2) is 10.6 Å². The van der Waals surface area contributed by atoms with Crippen LogP contribution in [-0.4, -0.2) is 13.2 Å². The Balaban J connectivity index is 2.83. The summed E-state index contributed by atoms with van der Waals surface area (Å²) in [4.78, 5) is 8.94. The van der Waals surface area contributed by atoms with Crippen LogP contribution < -0.4 is 0 Å². The molecule has 0 aliphatic rings. The highest BCUT2D eigenvalue weighted by molar-refractivity contribution is 4.00. The molecule has 0 amide bonds. The lowest BCUT2D eigenvalue weighted by molar-refractivity contribution is 0.0512. The van der Waals surface area contributed by atoms with E-state index < -0.39 is 0 Å². The van der Waals surface area contributed by atoms with Gasteiger partial charge in [0.05, 0.1) is 10.6 Å². The molecule has 0 aromatic heterocycles. The van der Waals surface area contributed by atoms with Crippen LogP contribution in [0.1, 0.15) is 13.8 Å². The van der Waals surface area contributed by atoms with Gasteiger partial charge in [0.25, 0.3) is 0 Å². The van der Waals surface area contributed by atoms with E-state index >= 15 is 0 Å². The van der Waals surface area contributed by atoms with Gasteiger partial charge >= 0.3 is 0 Å². The highest BCUT2D eigenvalue weighted by atomic mass is 16.7. The quantitative estimate of drug-likeness (QED) is 0.413. The maximum Gasteiger partial charge on any atom is 0.116 e. The fourth-order valence-electron chi connectivity index (χ4n) is 0.163. The molecule has 0 heterocycles. The zero-order valence-corrected chi connectivity index (χ0v) is 5.13. The van der Waals surface area contributed by atoms with Crippen molar-refractivity contribution in [2.45, 2.75) is 13.8 Å². The van der Waals surface area contributed by atoms with Crippen LogP contribution in [0.5, 0.6) is 0 Å². The second-order valence-electron chi connectivity index (χ2n) is 0.999. The van der Waals surface area contributed by atoms with Gasteiger partial charge in [0.1, 0.15) is 13.2 Å². The van der Waals surface area contributed by atoms with Crippen molar-refractivity contribution in [2.24, 2.45) is 10.6 Å². The normalized spacial score (nSPS) is 9.75. The topological polar surface area (TPSA) is 43.2 Å². The minimum atomic E-state index is 0.524. The number of hydrogen-bond acceptors (Lipinski definition) is 4. The number of rotatable bonds is 4. The van der Waals surface area contributed by atoms with Crippen LogP contribution >= 0.6 is 0 Å². The molecular weight excluding hydrogens is 108 g/mol. The zero-order chi connectivity index (χ0) is 6.24. The Morgan fingerprint density at radius 2 is 1.38 bits per heavy atom. The van der Waals surface area contributed by atoms with E-state index in [4.69, 9.17) is 0 Å². The lowest BCUT2D eigenvalue weighted by atomic mass is 10.9. The third-order valence-electron chi connectivity index (χ3n) is 0.407. The van der Waals surface area contributed by atoms with Crippen LogP contribution in [0.25, 0.3) is 0 Å². The third-order valence-corrected chi connectivity index (χ3v) is 0.407. The summed E-state index contributed by atoms with van der Waals surface area (Å²) in [5.41, 5.74) is 0. The Hall–Kier alpha value is -0.800. The maximum atomic E-state index is 4.47. The van der Waals surface area contributed by atoms with E-state index in [0.717, 1.165) is 0 Å². The van der Waals surface area contributed by atoms with Crippen molar-refractivity contribution < 1.29 is 9.68 Å². The molecule has 0 aliphatic heterocycles. The van der Waals surface area contributed by atoms with Crippen LogP contribution in [0.3, 0.4) is 0 Å². The van der Waals surface area contributed by atoms with Crippen LogP contribution in [-0.2, 0) is 9.68 Å². The number of hydrogen-bond donors (Lipinski definition) is 0. The van der Waals surface area contributed by atoms with Gasteiger partial charge in [-0.05, 0) is 13.8 Å². The SMILES string of the molecule is CCO/N=N/OCC. The molecule has 0 saturated heterocycles. The average Bonchev–Trinajstić information content (AvgIpc) is 1.81. The van der Waals surface area contributed by atoms with Crippen molar-refractivity contribution in [1.29, 1.82) is 0 Å². The molecule has 48 valence electrons. The third kappa shape index (κ3) is 5.20. The highest BCUT2D eigenvalue weighted by Gasteiger charge is 1.70. The highest BCUT2D eigenvalue weighted by Crippen LogP contribution is 1.79. The van der Waals surface area contributed by atoms with E-state index in [0.29, 0.717) is 13.2 Å². The van der Waals surface area contributed by atoms with Gasteiger partial charge in [-0.15, -0.1) is 0 Å². The van der Waals surface area contributed by atoms with E-state index in [9.17, 15) is 0 Å². The molecule has 0 radical (unpaired) electrons. The first-order valence-electron chi connectivity index (χ1n) is 2.56. The molecular formula is C4H10N2O2. The summed E-state index contributed by atoms with van der Waals surface area (Å²) in [6, 6.07) is 0. The molecule has 0 spiro atoms. The molecule has 0 rings (SSSR count). The Morgan fingerprint density at radius 3 is 1.62 bits per heavy atom. The van der Waals surface area contributed by atoms with Gasteiger partial charge in [0, 0.05) is 0 Å². The molecule has 4 nitrogen and oxygen atoms in total. The number of nitrogens with zero attached hydrogens (tertiary/aromatic N) is 2. The first-order chi connectivity index (χ1) is 3.91. The molecule has 0 aromatic rings. The van der Waals surface area contributed by atoms with Gasteiger partial charge in [-0.25, -0.2) is 0 Å². The van der Waals surface area contributed by atoms with Crippen LogP contribution in [0, 0.1) is 0 Å². The predicted molar refractivity (Wildman–Crippen MR) is 28.1 cm³/mol. The van der Waals surface area contributed by atoms with Gasteiger partial charge in [-0.3, -0.25) is 0 Å². The molecule has 8 heavy (non-hydrogen) atoms. The molecule has 0 aromatic carbocycles. The lowest BCUT2D eigenvalue weighted by Gasteiger charge is -1.88. The summed E-state index contributed by atoms with van der Waals surface area (Å²) in [5, 5.41) is 6.36. The monoisotopic (exact) mass is 118 g/mol. The van der Waals surface area contributed by atoms with Gasteiger partial charge in [-0.1, -0.05) is 0 Å². The Labute approximate surface area is 48.4 Å². The second kappa shape index (κ2) is 6.20. The molecule has 0 aliphatic carbocycles. The standard InChI is InChI=1S/C4H10N2O2/c1-3-7-5-6-8-4-2/h3-4H2,1-2H3/b6-5+. The second-order valence-corrected chi connectivity index (χ2v) is 0.999. The first-order valence-corrected chi connectivity index (χ1v) is 2.56. The lowest BCUT2D eigenvalue weighted by Crippen LogP contribution is -1.79. The molecule has 0 fully saturated rings. The van der Waals surface area contributed by atoms with E-state index in [-0.39, 0.29) is 0 Å². The van der Waals surface area contributed by atoms with Crippen molar-refractivity contribution in [3.8, 4) is 0 Å². The van der Waals surface area contributed by atoms with Crippen molar-refractivity contribution in [3.63, 3.8) is 0 Å². The Morgan fingerprint density at radius 1 is 1.00 bits per heavy atom. The van der Waals surface area contributed by atoms with Crippen LogP contribution in [0.2, 0.25) is 0 Å². The zero-order valence-electron chi connectivity index (χ0n) is 5.13. The Bertz CT molecular complexity index is 57.1. The van der Waals surface area contributed by atoms with E-state index in [1.54, 1.807) is 0 Å². The molecule has 0 saturated carbocycles. The van der Waals surface area contributed by atoms with E-state index in [1.165, 1.54) is 0 Å². The summed E-state index contributed by atoms with van der Waals surface area (Å²) in [5.74, 6) is 0. The molecule has 0 atom stereocenters. The summed E-state index contributed by atoms with van der Waals surface area (Å²) in [6.07, 6.45) is 0. The van der Waals surface area contributed by atoms with Crippen molar-refractivity contribution in [2.75, 3.05) is 13.2 Å². The molecule has 0 unspecified atom stereocenters. The predicted octanol–water partition coefficient (Wildman–Crippen LogP) is 1.34. The van der Waals surface area contributed by atoms with Gasteiger partial charge in [0.15, 0.2) is 0 Å². The average molecular weight is 118 g/mol. The van der Waals surface area contributed by atoms with Gasteiger partial charge in [0.2, 0.25) is 0 Å². The fraction of sp³-hybridized carbons (Fsp3) is 1.00. The summed E-state index contributed by atoms with van der Waals surface area (Å²) in [7, 11) is 0. The smallest absolute Gasteiger partial charge is 0.116 e. The largest absolute Gasteiger partial charge is 0.377 e. The van der Waals surface area contributed by atoms with E-state index in [2.05, 4.69) is 20.2 Å². The molecule has 0 N–H and O–H groups in total. The minimum Gasteiger partial charge on any atom is -0.377 e. The van der Waals surface area contributed by atoms with Gasteiger partial charge in [-0.2, -0.15) is 0 Å². The van der Waals surface area contributed by atoms with Crippen molar-refractivity contribution in [1.82, 2.24) is 0 Å². The first kappa shape index (κ1) is 7.20. The fourth-order valence-corrected chi connectivity index (χ4v) is 0.163. The summed E-state index contributed by atoms with van der Waals surface area (Å²) in [6.45, 7) is 4.70. The molecule has 4 heteroatoms. The van der Waals surface area contributed by atoms with Gasteiger partial charge < -0.3 is 9.68 Å². The summed E-state index contributed by atoms with van der Waals surface area (Å²) < 4.78 is 0. The molecule has 0 bridgehead atoms. The van der Waals surface area contributed by atoms with Crippen LogP contribution in [0.4, 0.5) is 0 Å². The maximum absolute atomic E-state index is 4.47. The minimum absolute atomic E-state index is 0.524. The summed E-state index contributed by atoms with van der Waals surface area (Å²) >= 11 is 0. The Kier molecular flexibility index (Phi) is 5.58.